The van der Waals surface area contributed by atoms with Crippen molar-refractivity contribution < 1.29 is 13.9 Å². The first kappa shape index (κ1) is 19.0. The molecule has 0 radical (unpaired) electrons. The van der Waals surface area contributed by atoms with Crippen molar-refractivity contribution in [1.29, 1.82) is 0 Å². The van der Waals surface area contributed by atoms with Crippen LogP contribution < -0.4 is 4.74 Å². The third-order valence-corrected chi connectivity index (χ3v) is 5.53. The van der Waals surface area contributed by atoms with E-state index in [2.05, 4.69) is 15.0 Å². The average Bonchev–Trinajstić information content (AvgIpc) is 3.13. The van der Waals surface area contributed by atoms with Crippen LogP contribution in [-0.2, 0) is 4.74 Å². The number of hydrogen-bond donors (Lipinski definition) is 0. The maximum Gasteiger partial charge on any atom is 0.223 e. The molecule has 0 bridgehead atoms. The van der Waals surface area contributed by atoms with E-state index in [0.717, 1.165) is 27.4 Å². The zero-order valence-corrected chi connectivity index (χ0v) is 16.8. The SMILES string of the molecule is COCOc1cnc(Cl)cc1-c1cccc2cc(-c3nc(Cl)ncc3F)sc12. The normalized spacial score (nSPS) is 11.1. The van der Waals surface area contributed by atoms with Gasteiger partial charge in [-0.25, -0.2) is 19.3 Å². The van der Waals surface area contributed by atoms with Gasteiger partial charge in [0.25, 0.3) is 0 Å². The number of ether oxygens (including phenoxy) is 2. The summed E-state index contributed by atoms with van der Waals surface area (Å²) in [7, 11) is 1.54. The molecule has 5 nitrogen and oxygen atoms in total. The lowest BCUT2D eigenvalue weighted by molar-refractivity contribution is 0.0513. The Labute approximate surface area is 173 Å². The van der Waals surface area contributed by atoms with Crippen molar-refractivity contribution in [2.75, 3.05) is 13.9 Å². The number of halogens is 3. The fourth-order valence-corrected chi connectivity index (χ4v) is 4.25. The Morgan fingerprint density at radius 1 is 1.11 bits per heavy atom. The number of pyridine rings is 1. The highest BCUT2D eigenvalue weighted by Crippen LogP contribution is 2.42. The van der Waals surface area contributed by atoms with Crippen LogP contribution in [0.2, 0.25) is 10.4 Å². The largest absolute Gasteiger partial charge is 0.465 e. The highest BCUT2D eigenvalue weighted by atomic mass is 35.5. The summed E-state index contributed by atoms with van der Waals surface area (Å²) in [4.78, 5) is 12.4. The number of methoxy groups -OCH3 is 1. The number of hydrogen-bond acceptors (Lipinski definition) is 6. The second kappa shape index (κ2) is 7.97. The van der Waals surface area contributed by atoms with E-state index in [1.54, 1.807) is 12.3 Å². The molecule has 142 valence electrons. The second-order valence-corrected chi connectivity index (χ2v) is 7.50. The number of aromatic nitrogens is 3. The molecule has 1 aromatic carbocycles. The van der Waals surface area contributed by atoms with Gasteiger partial charge < -0.3 is 9.47 Å². The summed E-state index contributed by atoms with van der Waals surface area (Å²) in [5.74, 6) is -0.00135. The smallest absolute Gasteiger partial charge is 0.223 e. The third kappa shape index (κ3) is 3.66. The minimum absolute atomic E-state index is 0.00903. The van der Waals surface area contributed by atoms with Crippen molar-refractivity contribution in [2.45, 2.75) is 0 Å². The van der Waals surface area contributed by atoms with Gasteiger partial charge in [0.05, 0.1) is 17.3 Å². The van der Waals surface area contributed by atoms with Crippen molar-refractivity contribution in [3.63, 3.8) is 0 Å². The van der Waals surface area contributed by atoms with E-state index in [1.165, 1.54) is 18.4 Å². The van der Waals surface area contributed by atoms with Gasteiger partial charge in [0.15, 0.2) is 12.6 Å². The van der Waals surface area contributed by atoms with Gasteiger partial charge in [-0.1, -0.05) is 29.8 Å². The first-order valence-corrected chi connectivity index (χ1v) is 9.62. The topological polar surface area (TPSA) is 57.1 Å². The van der Waals surface area contributed by atoms with Crippen molar-refractivity contribution in [1.82, 2.24) is 15.0 Å². The Morgan fingerprint density at radius 2 is 1.96 bits per heavy atom. The molecular formula is C19H12Cl2FN3O2S. The summed E-state index contributed by atoms with van der Waals surface area (Å²) in [6, 6.07) is 9.38. The first-order chi connectivity index (χ1) is 13.6. The van der Waals surface area contributed by atoms with Crippen molar-refractivity contribution in [3.05, 3.63) is 59.0 Å². The summed E-state index contributed by atoms with van der Waals surface area (Å²) >= 11 is 13.4. The van der Waals surface area contributed by atoms with E-state index in [0.29, 0.717) is 15.8 Å². The van der Waals surface area contributed by atoms with E-state index in [4.69, 9.17) is 32.7 Å². The monoisotopic (exact) mass is 435 g/mol. The maximum absolute atomic E-state index is 14.2. The van der Waals surface area contributed by atoms with Crippen molar-refractivity contribution in [2.24, 2.45) is 0 Å². The molecule has 0 unspecified atom stereocenters. The summed E-state index contributed by atoms with van der Waals surface area (Å²) < 4.78 is 25.8. The Morgan fingerprint density at radius 3 is 2.79 bits per heavy atom. The fourth-order valence-electron chi connectivity index (χ4n) is 2.78. The van der Waals surface area contributed by atoms with Gasteiger partial charge in [-0.2, -0.15) is 0 Å². The van der Waals surface area contributed by atoms with Gasteiger partial charge in [-0.15, -0.1) is 11.3 Å². The molecule has 0 amide bonds. The molecule has 0 atom stereocenters. The minimum atomic E-state index is -0.534. The van der Waals surface area contributed by atoms with E-state index < -0.39 is 5.82 Å². The molecule has 0 aliphatic carbocycles. The molecule has 0 N–H and O–H groups in total. The molecule has 0 aliphatic rings. The zero-order chi connectivity index (χ0) is 19.7. The van der Waals surface area contributed by atoms with Crippen LogP contribution >= 0.6 is 34.5 Å². The van der Waals surface area contributed by atoms with Crippen LogP contribution in [0.15, 0.2) is 42.7 Å². The van der Waals surface area contributed by atoms with Gasteiger partial charge in [0.1, 0.15) is 16.6 Å². The van der Waals surface area contributed by atoms with Crippen LogP contribution in [0.5, 0.6) is 5.75 Å². The molecule has 3 aromatic heterocycles. The van der Waals surface area contributed by atoms with E-state index in [9.17, 15) is 4.39 Å². The molecule has 0 saturated heterocycles. The van der Waals surface area contributed by atoms with E-state index in [1.807, 2.05) is 24.3 Å². The van der Waals surface area contributed by atoms with Gasteiger partial charge >= 0.3 is 0 Å². The van der Waals surface area contributed by atoms with E-state index in [-0.39, 0.29) is 17.8 Å². The molecule has 4 aromatic rings. The van der Waals surface area contributed by atoms with Crippen molar-refractivity contribution in [3.8, 4) is 27.4 Å². The fraction of sp³-hybridized carbons (Fsp3) is 0.105. The number of benzene rings is 1. The lowest BCUT2D eigenvalue weighted by atomic mass is 10.0. The molecule has 28 heavy (non-hydrogen) atoms. The van der Waals surface area contributed by atoms with Gasteiger partial charge in [0, 0.05) is 22.9 Å². The summed E-state index contributed by atoms with van der Waals surface area (Å²) in [6.45, 7) is 0.0760. The minimum Gasteiger partial charge on any atom is -0.465 e. The third-order valence-electron chi connectivity index (χ3n) is 3.95. The van der Waals surface area contributed by atoms with Crippen LogP contribution in [-0.4, -0.2) is 28.9 Å². The predicted octanol–water partition coefficient (Wildman–Crippen LogP) is 5.85. The number of thiophene rings is 1. The molecule has 0 saturated carbocycles. The Balaban J connectivity index is 1.89. The van der Waals surface area contributed by atoms with E-state index >= 15 is 0 Å². The van der Waals surface area contributed by atoms with Crippen LogP contribution in [0.25, 0.3) is 31.8 Å². The molecule has 3 heterocycles. The molecule has 4 rings (SSSR count). The molecule has 0 fully saturated rings. The van der Waals surface area contributed by atoms with Gasteiger partial charge in [-0.05, 0) is 29.1 Å². The Kier molecular flexibility index (Phi) is 5.41. The van der Waals surface area contributed by atoms with Crippen LogP contribution in [0.1, 0.15) is 0 Å². The number of rotatable bonds is 5. The predicted molar refractivity (Wildman–Crippen MR) is 109 cm³/mol. The molecule has 9 heteroatoms. The lowest BCUT2D eigenvalue weighted by Crippen LogP contribution is -2.01. The molecule has 0 spiro atoms. The van der Waals surface area contributed by atoms with Crippen LogP contribution in [0.4, 0.5) is 4.39 Å². The van der Waals surface area contributed by atoms with Crippen LogP contribution in [0.3, 0.4) is 0 Å². The van der Waals surface area contributed by atoms with Crippen LogP contribution in [0, 0.1) is 5.82 Å². The number of fused-ring (bicyclic) bond motifs is 1. The van der Waals surface area contributed by atoms with Crippen molar-refractivity contribution >= 4 is 44.6 Å². The first-order valence-electron chi connectivity index (χ1n) is 8.05. The highest BCUT2D eigenvalue weighted by Gasteiger charge is 2.17. The highest BCUT2D eigenvalue weighted by molar-refractivity contribution is 7.22. The Bertz CT molecular complexity index is 1170. The lowest BCUT2D eigenvalue weighted by Gasteiger charge is -2.11. The van der Waals surface area contributed by atoms with Gasteiger partial charge in [0.2, 0.25) is 5.28 Å². The van der Waals surface area contributed by atoms with Gasteiger partial charge in [-0.3, -0.25) is 0 Å². The summed E-state index contributed by atoms with van der Waals surface area (Å²) in [5, 5.41) is 1.25. The molecule has 0 aliphatic heterocycles. The second-order valence-electron chi connectivity index (χ2n) is 5.72. The standard InChI is InChI=1S/C19H12Cl2FN3O2S/c1-26-9-27-14-8-23-16(20)6-12(14)11-4-2-3-10-5-15(28-18(10)11)17-13(22)7-24-19(21)25-17/h2-8H,9H2,1H3. The zero-order valence-electron chi connectivity index (χ0n) is 14.4. The quantitative estimate of drug-likeness (QED) is 0.223. The average molecular weight is 436 g/mol. The Hall–Kier alpha value is -2.32. The molecular weight excluding hydrogens is 424 g/mol. The number of nitrogens with zero attached hydrogens (tertiary/aromatic N) is 3. The maximum atomic E-state index is 14.2. The summed E-state index contributed by atoms with van der Waals surface area (Å²) in [6.07, 6.45) is 2.61. The summed E-state index contributed by atoms with van der Waals surface area (Å²) in [5.41, 5.74) is 1.80.